The molecule has 3 aliphatic rings. The van der Waals surface area contributed by atoms with Crippen LogP contribution >= 0.6 is 0 Å². The zero-order chi connectivity index (χ0) is 13.7. The molecule has 4 rings (SSSR count). The van der Waals surface area contributed by atoms with E-state index in [2.05, 4.69) is 15.4 Å². The predicted molar refractivity (Wildman–Crippen MR) is 77.0 cm³/mol. The Labute approximate surface area is 119 Å². The van der Waals surface area contributed by atoms with Gasteiger partial charge >= 0.3 is 0 Å². The van der Waals surface area contributed by atoms with Gasteiger partial charge in [0.1, 0.15) is 4.90 Å². The smallest absolute Gasteiger partial charge is 0.242 e. The van der Waals surface area contributed by atoms with E-state index in [9.17, 15) is 8.42 Å². The zero-order valence-corrected chi connectivity index (χ0v) is 12.0. The minimum atomic E-state index is -3.40. The normalized spacial score (nSPS) is 31.9. The number of para-hydroxylation sites is 1. The van der Waals surface area contributed by atoms with Crippen LogP contribution in [-0.4, -0.2) is 33.6 Å². The number of fused-ring (bicyclic) bond motifs is 1. The van der Waals surface area contributed by atoms with Crippen LogP contribution in [-0.2, 0) is 10.0 Å². The van der Waals surface area contributed by atoms with Crippen LogP contribution in [0.2, 0.25) is 0 Å². The van der Waals surface area contributed by atoms with Gasteiger partial charge in [0.2, 0.25) is 10.0 Å². The zero-order valence-electron chi connectivity index (χ0n) is 11.2. The van der Waals surface area contributed by atoms with Crippen LogP contribution in [0, 0.1) is 11.8 Å². The fraction of sp³-hybridized carbons (Fsp3) is 0.571. The molecule has 0 bridgehead atoms. The fourth-order valence-corrected chi connectivity index (χ4v) is 4.59. The molecule has 0 spiro atoms. The number of anilines is 1. The second-order valence-electron chi connectivity index (χ2n) is 6.05. The molecule has 1 saturated heterocycles. The molecule has 1 aliphatic heterocycles. The van der Waals surface area contributed by atoms with E-state index in [1.165, 1.54) is 0 Å². The molecule has 1 aromatic carbocycles. The molecule has 5 nitrogen and oxygen atoms in total. The first-order chi connectivity index (χ1) is 9.65. The summed E-state index contributed by atoms with van der Waals surface area (Å²) in [5.74, 6) is 1.31. The van der Waals surface area contributed by atoms with Gasteiger partial charge in [-0.05, 0) is 36.8 Å². The van der Waals surface area contributed by atoms with E-state index in [0.717, 1.165) is 31.6 Å². The average molecular weight is 293 g/mol. The topological polar surface area (TPSA) is 70.2 Å². The first-order valence-electron chi connectivity index (χ1n) is 7.24. The summed E-state index contributed by atoms with van der Waals surface area (Å²) in [5.41, 5.74) is 0.736. The van der Waals surface area contributed by atoms with E-state index in [4.69, 9.17) is 0 Å². The molecular weight excluding hydrogens is 274 g/mol. The Morgan fingerprint density at radius 3 is 2.50 bits per heavy atom. The van der Waals surface area contributed by atoms with Crippen molar-refractivity contribution < 1.29 is 8.42 Å². The quantitative estimate of drug-likeness (QED) is 0.749. The van der Waals surface area contributed by atoms with E-state index in [-0.39, 0.29) is 6.04 Å². The highest BCUT2D eigenvalue weighted by molar-refractivity contribution is 7.89. The van der Waals surface area contributed by atoms with Gasteiger partial charge in [0.05, 0.1) is 5.69 Å². The second-order valence-corrected chi connectivity index (χ2v) is 7.73. The molecule has 0 radical (unpaired) electrons. The van der Waals surface area contributed by atoms with E-state index < -0.39 is 10.0 Å². The second kappa shape index (κ2) is 4.44. The molecule has 6 heteroatoms. The lowest BCUT2D eigenvalue weighted by molar-refractivity contribution is 0.581. The molecule has 2 unspecified atom stereocenters. The van der Waals surface area contributed by atoms with Gasteiger partial charge in [-0.25, -0.2) is 13.1 Å². The minimum absolute atomic E-state index is 0.137. The predicted octanol–water partition coefficient (Wildman–Crippen LogP) is 0.757. The Morgan fingerprint density at radius 1 is 1.10 bits per heavy atom. The third kappa shape index (κ3) is 2.21. The summed E-state index contributed by atoms with van der Waals surface area (Å²) in [6, 6.07) is 7.77. The first kappa shape index (κ1) is 12.6. The molecule has 0 aromatic heterocycles. The molecular formula is C14H19N3O2S. The van der Waals surface area contributed by atoms with Crippen LogP contribution in [0.3, 0.4) is 0 Å². The molecule has 2 saturated carbocycles. The van der Waals surface area contributed by atoms with Crippen molar-refractivity contribution in [2.24, 2.45) is 11.8 Å². The van der Waals surface area contributed by atoms with Crippen molar-refractivity contribution in [2.75, 3.05) is 18.4 Å². The highest BCUT2D eigenvalue weighted by Crippen LogP contribution is 2.44. The number of piperidine rings is 1. The van der Waals surface area contributed by atoms with Crippen molar-refractivity contribution >= 4 is 15.7 Å². The van der Waals surface area contributed by atoms with Crippen LogP contribution in [0.25, 0.3) is 0 Å². The van der Waals surface area contributed by atoms with Crippen LogP contribution in [0.4, 0.5) is 5.69 Å². The Kier molecular flexibility index (Phi) is 2.80. The number of hydrogen-bond donors (Lipinski definition) is 3. The van der Waals surface area contributed by atoms with Crippen molar-refractivity contribution in [3.05, 3.63) is 24.3 Å². The highest BCUT2D eigenvalue weighted by atomic mass is 32.2. The summed E-state index contributed by atoms with van der Waals surface area (Å²) < 4.78 is 27.5. The molecule has 0 amide bonds. The molecule has 2 atom stereocenters. The summed E-state index contributed by atoms with van der Waals surface area (Å²) in [5, 5.41) is 6.77. The molecule has 2 aliphatic carbocycles. The Hall–Kier alpha value is -1.11. The maximum absolute atomic E-state index is 12.4. The SMILES string of the molecule is O=S(=O)(NC1CC1)c1ccccc1NC1C2CNCC21. The van der Waals surface area contributed by atoms with Gasteiger partial charge in [-0.1, -0.05) is 12.1 Å². The lowest BCUT2D eigenvalue weighted by atomic mass is 10.3. The van der Waals surface area contributed by atoms with Gasteiger partial charge < -0.3 is 10.6 Å². The fourth-order valence-electron chi connectivity index (χ4n) is 3.12. The van der Waals surface area contributed by atoms with Gasteiger partial charge in [-0.2, -0.15) is 0 Å². The van der Waals surface area contributed by atoms with Crippen molar-refractivity contribution in [1.29, 1.82) is 0 Å². The molecule has 3 fully saturated rings. The molecule has 108 valence electrons. The summed E-state index contributed by atoms with van der Waals surface area (Å²) in [6.45, 7) is 2.08. The number of sulfonamides is 1. The lowest BCUT2D eigenvalue weighted by Crippen LogP contribution is -2.27. The summed E-state index contributed by atoms with van der Waals surface area (Å²) >= 11 is 0. The maximum Gasteiger partial charge on any atom is 0.242 e. The van der Waals surface area contributed by atoms with Crippen LogP contribution < -0.4 is 15.4 Å². The number of rotatable bonds is 5. The van der Waals surface area contributed by atoms with Crippen molar-refractivity contribution in [3.63, 3.8) is 0 Å². The van der Waals surface area contributed by atoms with Gasteiger partial charge in [-0.15, -0.1) is 0 Å². The number of benzene rings is 1. The average Bonchev–Trinajstić information content (AvgIpc) is 3.30. The van der Waals surface area contributed by atoms with Crippen LogP contribution in [0.15, 0.2) is 29.2 Å². The van der Waals surface area contributed by atoms with Crippen molar-refractivity contribution in [2.45, 2.75) is 29.8 Å². The van der Waals surface area contributed by atoms with Gasteiger partial charge in [0.15, 0.2) is 0 Å². The van der Waals surface area contributed by atoms with Gasteiger partial charge in [0, 0.05) is 25.2 Å². The molecule has 1 aromatic rings. The first-order valence-corrected chi connectivity index (χ1v) is 8.72. The Balaban J connectivity index is 1.56. The largest absolute Gasteiger partial charge is 0.381 e. The summed E-state index contributed by atoms with van der Waals surface area (Å²) in [6.07, 6.45) is 1.90. The maximum atomic E-state index is 12.4. The van der Waals surface area contributed by atoms with Gasteiger partial charge in [0.25, 0.3) is 0 Å². The van der Waals surface area contributed by atoms with Gasteiger partial charge in [-0.3, -0.25) is 0 Å². The van der Waals surface area contributed by atoms with Crippen LogP contribution in [0.1, 0.15) is 12.8 Å². The standard InChI is InChI=1S/C14H19N3O2S/c18-20(19,17-9-5-6-9)13-4-2-1-3-12(13)16-14-10-7-15-8-11(10)14/h1-4,9-11,14-17H,5-8H2. The summed E-state index contributed by atoms with van der Waals surface area (Å²) in [7, 11) is -3.40. The van der Waals surface area contributed by atoms with Crippen molar-refractivity contribution in [3.8, 4) is 0 Å². The number of nitrogens with one attached hydrogen (secondary N) is 3. The molecule has 3 N–H and O–H groups in total. The lowest BCUT2D eigenvalue weighted by Gasteiger charge is -2.14. The van der Waals surface area contributed by atoms with E-state index in [1.54, 1.807) is 12.1 Å². The van der Waals surface area contributed by atoms with E-state index >= 15 is 0 Å². The third-order valence-corrected chi connectivity index (χ3v) is 6.07. The Bertz CT molecular complexity index is 617. The number of hydrogen-bond acceptors (Lipinski definition) is 4. The third-order valence-electron chi connectivity index (χ3n) is 4.49. The molecule has 1 heterocycles. The van der Waals surface area contributed by atoms with Crippen molar-refractivity contribution in [1.82, 2.24) is 10.0 Å². The van der Waals surface area contributed by atoms with Crippen LogP contribution in [0.5, 0.6) is 0 Å². The van der Waals surface area contributed by atoms with E-state index in [0.29, 0.717) is 22.8 Å². The van der Waals surface area contributed by atoms with E-state index in [1.807, 2.05) is 12.1 Å². The minimum Gasteiger partial charge on any atom is -0.381 e. The highest BCUT2D eigenvalue weighted by Gasteiger charge is 2.53. The summed E-state index contributed by atoms with van der Waals surface area (Å²) in [4.78, 5) is 0.379. The monoisotopic (exact) mass is 293 g/mol. The Morgan fingerprint density at radius 2 is 1.80 bits per heavy atom. The molecule has 20 heavy (non-hydrogen) atoms.